The number of thiazole rings is 1. The molecule has 0 bridgehead atoms. The summed E-state index contributed by atoms with van der Waals surface area (Å²) in [6, 6.07) is -0.274. The molecule has 1 aromatic rings. The molecule has 3 unspecified atom stereocenters. The van der Waals surface area contributed by atoms with E-state index in [2.05, 4.69) is 15.6 Å². The van der Waals surface area contributed by atoms with Crippen LogP contribution in [-0.2, 0) is 4.79 Å². The average Bonchev–Trinajstić information content (AvgIpc) is 2.99. The minimum absolute atomic E-state index is 0.0463. The van der Waals surface area contributed by atoms with E-state index in [4.69, 9.17) is 5.11 Å². The summed E-state index contributed by atoms with van der Waals surface area (Å²) < 4.78 is 0. The Labute approximate surface area is 128 Å². The lowest BCUT2D eigenvalue weighted by Crippen LogP contribution is -2.45. The van der Waals surface area contributed by atoms with Crippen molar-refractivity contribution in [3.63, 3.8) is 0 Å². The Bertz CT molecular complexity index is 478. The SMILES string of the molecule is CC(CNC(=O)NC1CCCC(C(=O)O)C1)c1nccs1. The number of nitrogens with one attached hydrogen (secondary N) is 2. The van der Waals surface area contributed by atoms with Crippen molar-refractivity contribution in [3.05, 3.63) is 16.6 Å². The van der Waals surface area contributed by atoms with Gasteiger partial charge in [-0.05, 0) is 19.3 Å². The van der Waals surface area contributed by atoms with Crippen LogP contribution in [0.15, 0.2) is 11.6 Å². The Morgan fingerprint density at radius 1 is 1.52 bits per heavy atom. The number of aliphatic carboxylic acids is 1. The summed E-state index contributed by atoms with van der Waals surface area (Å²) in [6.45, 7) is 2.54. The topological polar surface area (TPSA) is 91.3 Å². The van der Waals surface area contributed by atoms with Crippen LogP contribution in [0.5, 0.6) is 0 Å². The van der Waals surface area contributed by atoms with E-state index in [0.29, 0.717) is 19.4 Å². The molecule has 2 amide bonds. The monoisotopic (exact) mass is 311 g/mol. The quantitative estimate of drug-likeness (QED) is 0.777. The Morgan fingerprint density at radius 3 is 3.00 bits per heavy atom. The Balaban J connectivity index is 1.73. The van der Waals surface area contributed by atoms with Crippen molar-refractivity contribution in [3.8, 4) is 0 Å². The first-order valence-electron chi connectivity index (χ1n) is 7.22. The van der Waals surface area contributed by atoms with Gasteiger partial charge in [-0.25, -0.2) is 9.78 Å². The van der Waals surface area contributed by atoms with E-state index in [-0.39, 0.29) is 23.9 Å². The van der Waals surface area contributed by atoms with E-state index < -0.39 is 5.97 Å². The van der Waals surface area contributed by atoms with Crippen LogP contribution < -0.4 is 10.6 Å². The summed E-state index contributed by atoms with van der Waals surface area (Å²) in [5, 5.41) is 17.7. The highest BCUT2D eigenvalue weighted by molar-refractivity contribution is 7.09. The molecule has 0 saturated heterocycles. The second-order valence-electron chi connectivity index (χ2n) is 5.52. The highest BCUT2D eigenvalue weighted by Crippen LogP contribution is 2.24. The smallest absolute Gasteiger partial charge is 0.315 e. The van der Waals surface area contributed by atoms with E-state index >= 15 is 0 Å². The lowest BCUT2D eigenvalue weighted by atomic mass is 9.86. The molecule has 0 radical (unpaired) electrons. The fourth-order valence-electron chi connectivity index (χ4n) is 2.59. The third-order valence-electron chi connectivity index (χ3n) is 3.80. The van der Waals surface area contributed by atoms with E-state index in [1.807, 2.05) is 12.3 Å². The predicted molar refractivity (Wildman–Crippen MR) is 80.4 cm³/mol. The molecule has 0 aromatic carbocycles. The molecule has 0 aliphatic heterocycles. The zero-order valence-corrected chi connectivity index (χ0v) is 12.9. The Hall–Kier alpha value is -1.63. The molecule has 6 nitrogen and oxygen atoms in total. The van der Waals surface area contributed by atoms with Gasteiger partial charge in [0.25, 0.3) is 0 Å². The highest BCUT2D eigenvalue weighted by Gasteiger charge is 2.27. The Kier molecular flexibility index (Phi) is 5.55. The number of carbonyl (C=O) groups is 2. The summed E-state index contributed by atoms with van der Waals surface area (Å²) >= 11 is 1.57. The third-order valence-corrected chi connectivity index (χ3v) is 4.81. The number of carbonyl (C=O) groups excluding carboxylic acids is 1. The molecule has 3 atom stereocenters. The standard InChI is InChI=1S/C14H21N3O3S/c1-9(12-15-5-6-21-12)8-16-14(20)17-11-4-2-3-10(7-11)13(18)19/h5-6,9-11H,2-4,7-8H2,1H3,(H,18,19)(H2,16,17,20). The number of nitrogens with zero attached hydrogens (tertiary/aromatic N) is 1. The minimum atomic E-state index is -0.765. The van der Waals surface area contributed by atoms with Crippen molar-refractivity contribution in [1.82, 2.24) is 15.6 Å². The number of carboxylic acids is 1. The highest BCUT2D eigenvalue weighted by atomic mass is 32.1. The van der Waals surface area contributed by atoms with Gasteiger partial charge in [0.15, 0.2) is 0 Å². The van der Waals surface area contributed by atoms with E-state index in [1.165, 1.54) is 0 Å². The Morgan fingerprint density at radius 2 is 2.33 bits per heavy atom. The first-order chi connectivity index (χ1) is 10.1. The van der Waals surface area contributed by atoms with Crippen LogP contribution in [0.25, 0.3) is 0 Å². The maximum absolute atomic E-state index is 11.9. The molecule has 7 heteroatoms. The number of rotatable bonds is 5. The van der Waals surface area contributed by atoms with Crippen molar-refractivity contribution in [2.24, 2.45) is 5.92 Å². The number of carboxylic acid groups (broad SMARTS) is 1. The average molecular weight is 311 g/mol. The van der Waals surface area contributed by atoms with Crippen LogP contribution in [0, 0.1) is 5.92 Å². The van der Waals surface area contributed by atoms with Gasteiger partial charge in [-0.15, -0.1) is 11.3 Å². The molecule has 1 aliphatic rings. The zero-order chi connectivity index (χ0) is 15.2. The molecule has 1 heterocycles. The van der Waals surface area contributed by atoms with Gasteiger partial charge >= 0.3 is 12.0 Å². The van der Waals surface area contributed by atoms with E-state index in [9.17, 15) is 9.59 Å². The van der Waals surface area contributed by atoms with Gasteiger partial charge < -0.3 is 15.7 Å². The number of hydrogen-bond donors (Lipinski definition) is 3. The zero-order valence-electron chi connectivity index (χ0n) is 12.0. The normalized spacial score (nSPS) is 23.3. The predicted octanol–water partition coefficient (Wildman–Crippen LogP) is 2.19. The van der Waals surface area contributed by atoms with Crippen LogP contribution in [0.2, 0.25) is 0 Å². The van der Waals surface area contributed by atoms with Gasteiger partial charge in [0, 0.05) is 30.1 Å². The number of urea groups is 1. The summed E-state index contributed by atoms with van der Waals surface area (Å²) in [4.78, 5) is 27.1. The van der Waals surface area contributed by atoms with E-state index in [0.717, 1.165) is 17.8 Å². The number of aromatic nitrogens is 1. The van der Waals surface area contributed by atoms with Gasteiger partial charge in [-0.2, -0.15) is 0 Å². The van der Waals surface area contributed by atoms with Crippen LogP contribution in [0.3, 0.4) is 0 Å². The summed E-state index contributed by atoms with van der Waals surface area (Å²) in [5.41, 5.74) is 0. The maximum atomic E-state index is 11.9. The van der Waals surface area contributed by atoms with Crippen molar-refractivity contribution in [1.29, 1.82) is 0 Å². The van der Waals surface area contributed by atoms with Gasteiger partial charge in [0.1, 0.15) is 0 Å². The molecule has 0 spiro atoms. The van der Waals surface area contributed by atoms with Crippen LogP contribution in [0.4, 0.5) is 4.79 Å². The van der Waals surface area contributed by atoms with Crippen LogP contribution in [-0.4, -0.2) is 34.7 Å². The van der Waals surface area contributed by atoms with Gasteiger partial charge in [0.05, 0.1) is 10.9 Å². The number of hydrogen-bond acceptors (Lipinski definition) is 4. The maximum Gasteiger partial charge on any atom is 0.315 e. The second-order valence-corrected chi connectivity index (χ2v) is 6.45. The van der Waals surface area contributed by atoms with E-state index in [1.54, 1.807) is 17.5 Å². The van der Waals surface area contributed by atoms with Crippen LogP contribution >= 0.6 is 11.3 Å². The molecular formula is C14H21N3O3S. The van der Waals surface area contributed by atoms with Gasteiger partial charge in [0.2, 0.25) is 0 Å². The van der Waals surface area contributed by atoms with Crippen molar-refractivity contribution >= 4 is 23.3 Å². The molecule has 1 saturated carbocycles. The molecular weight excluding hydrogens is 290 g/mol. The molecule has 1 fully saturated rings. The summed E-state index contributed by atoms with van der Waals surface area (Å²) in [6.07, 6.45) is 4.67. The van der Waals surface area contributed by atoms with Gasteiger partial charge in [-0.1, -0.05) is 13.3 Å². The minimum Gasteiger partial charge on any atom is -0.481 e. The third kappa shape index (κ3) is 4.70. The molecule has 3 N–H and O–H groups in total. The molecule has 21 heavy (non-hydrogen) atoms. The lowest BCUT2D eigenvalue weighted by Gasteiger charge is -2.27. The fraction of sp³-hybridized carbons (Fsp3) is 0.643. The number of amides is 2. The first kappa shape index (κ1) is 15.8. The largest absolute Gasteiger partial charge is 0.481 e. The second kappa shape index (κ2) is 7.40. The first-order valence-corrected chi connectivity index (χ1v) is 8.10. The molecule has 1 aromatic heterocycles. The van der Waals surface area contributed by atoms with Crippen molar-refractivity contribution in [2.75, 3.05) is 6.54 Å². The lowest BCUT2D eigenvalue weighted by molar-refractivity contribution is -0.143. The van der Waals surface area contributed by atoms with Gasteiger partial charge in [-0.3, -0.25) is 4.79 Å². The molecule has 2 rings (SSSR count). The summed E-state index contributed by atoms with van der Waals surface area (Å²) in [5.74, 6) is -0.925. The fourth-order valence-corrected chi connectivity index (χ4v) is 3.29. The van der Waals surface area contributed by atoms with Crippen molar-refractivity contribution < 1.29 is 14.7 Å². The molecule has 1 aliphatic carbocycles. The van der Waals surface area contributed by atoms with Crippen molar-refractivity contribution in [2.45, 2.75) is 44.6 Å². The summed E-state index contributed by atoms with van der Waals surface area (Å²) in [7, 11) is 0. The van der Waals surface area contributed by atoms with Crippen LogP contribution in [0.1, 0.15) is 43.5 Å². The molecule has 116 valence electrons.